The van der Waals surface area contributed by atoms with E-state index in [0.29, 0.717) is 0 Å². The molecule has 1 saturated heterocycles. The third-order valence-corrected chi connectivity index (χ3v) is 3.80. The van der Waals surface area contributed by atoms with Crippen molar-refractivity contribution in [1.82, 2.24) is 10.6 Å². The van der Waals surface area contributed by atoms with Gasteiger partial charge in [-0.2, -0.15) is 0 Å². The number of hydrogen-bond acceptors (Lipinski definition) is 2. The van der Waals surface area contributed by atoms with Gasteiger partial charge in [0, 0.05) is 6.04 Å². The van der Waals surface area contributed by atoms with Crippen LogP contribution in [-0.4, -0.2) is 30.3 Å². The molecule has 14 heavy (non-hydrogen) atoms. The highest BCUT2D eigenvalue weighted by Crippen LogP contribution is 2.44. The maximum absolute atomic E-state index is 10.7. The lowest BCUT2D eigenvalue weighted by atomic mass is 9.74. The summed E-state index contributed by atoms with van der Waals surface area (Å²) in [6.45, 7) is 2.08. The second kappa shape index (κ2) is 3.77. The third-order valence-electron chi connectivity index (χ3n) is 3.80. The molecular formula is C10H18N2O2. The van der Waals surface area contributed by atoms with Crippen LogP contribution in [0, 0.1) is 5.41 Å². The zero-order valence-electron chi connectivity index (χ0n) is 8.38. The van der Waals surface area contributed by atoms with Crippen LogP contribution in [0.1, 0.15) is 32.1 Å². The number of nitrogens with one attached hydrogen (secondary N) is 2. The summed E-state index contributed by atoms with van der Waals surface area (Å²) in [5.74, 6) is 0. The molecule has 1 saturated carbocycles. The standard InChI is InChI=1S/C10H18N2O2/c13-9(14)12-8-2-1-3-10(8)4-6-11-7-5-10/h8,11-12H,1-7H2,(H,13,14)/t8-/m1/s1. The maximum atomic E-state index is 10.7. The molecule has 1 aliphatic carbocycles. The Bertz CT molecular complexity index is 224. The number of hydrogen-bond donors (Lipinski definition) is 3. The van der Waals surface area contributed by atoms with Crippen LogP contribution in [-0.2, 0) is 0 Å². The molecule has 2 rings (SSSR count). The van der Waals surface area contributed by atoms with E-state index in [2.05, 4.69) is 10.6 Å². The molecule has 2 fully saturated rings. The summed E-state index contributed by atoms with van der Waals surface area (Å²) in [7, 11) is 0. The first-order chi connectivity index (χ1) is 6.73. The van der Waals surface area contributed by atoms with Gasteiger partial charge >= 0.3 is 6.09 Å². The zero-order chi connectivity index (χ0) is 10.0. The van der Waals surface area contributed by atoms with Gasteiger partial charge in [-0.1, -0.05) is 6.42 Å². The Hall–Kier alpha value is -0.770. The van der Waals surface area contributed by atoms with Gasteiger partial charge in [0.2, 0.25) is 0 Å². The monoisotopic (exact) mass is 198 g/mol. The summed E-state index contributed by atoms with van der Waals surface area (Å²) in [5.41, 5.74) is 0.268. The van der Waals surface area contributed by atoms with Gasteiger partial charge < -0.3 is 15.7 Å². The topological polar surface area (TPSA) is 61.4 Å². The van der Waals surface area contributed by atoms with Crippen molar-refractivity contribution in [3.8, 4) is 0 Å². The molecule has 0 aromatic carbocycles. The summed E-state index contributed by atoms with van der Waals surface area (Å²) in [6.07, 6.45) is 4.77. The zero-order valence-corrected chi connectivity index (χ0v) is 8.38. The molecule has 0 unspecified atom stereocenters. The Kier molecular flexibility index (Phi) is 2.63. The van der Waals surface area contributed by atoms with Crippen LogP contribution in [0.3, 0.4) is 0 Å². The Labute approximate surface area is 84.1 Å². The number of carbonyl (C=O) groups is 1. The van der Waals surface area contributed by atoms with Crippen LogP contribution >= 0.6 is 0 Å². The van der Waals surface area contributed by atoms with E-state index in [-0.39, 0.29) is 11.5 Å². The van der Waals surface area contributed by atoms with Gasteiger partial charge in [0.05, 0.1) is 0 Å². The van der Waals surface area contributed by atoms with E-state index >= 15 is 0 Å². The second-order valence-corrected chi connectivity index (χ2v) is 4.51. The van der Waals surface area contributed by atoms with E-state index in [1.807, 2.05) is 0 Å². The van der Waals surface area contributed by atoms with Crippen LogP contribution < -0.4 is 10.6 Å². The van der Waals surface area contributed by atoms with E-state index in [4.69, 9.17) is 5.11 Å². The number of piperidine rings is 1. The molecule has 1 atom stereocenters. The van der Waals surface area contributed by atoms with Crippen LogP contribution in [0.2, 0.25) is 0 Å². The minimum atomic E-state index is -0.866. The highest BCUT2D eigenvalue weighted by molar-refractivity contribution is 5.65. The van der Waals surface area contributed by atoms with Crippen molar-refractivity contribution in [2.24, 2.45) is 5.41 Å². The second-order valence-electron chi connectivity index (χ2n) is 4.51. The molecule has 4 nitrogen and oxygen atoms in total. The lowest BCUT2D eigenvalue weighted by Crippen LogP contribution is -2.48. The highest BCUT2D eigenvalue weighted by Gasteiger charge is 2.43. The molecule has 2 aliphatic rings. The fourth-order valence-electron chi connectivity index (χ4n) is 3.04. The normalized spacial score (nSPS) is 30.4. The van der Waals surface area contributed by atoms with Gasteiger partial charge in [-0.05, 0) is 44.2 Å². The molecule has 3 N–H and O–H groups in total. The summed E-state index contributed by atoms with van der Waals surface area (Å²) in [6, 6.07) is 0.196. The Morgan fingerprint density at radius 2 is 2.07 bits per heavy atom. The van der Waals surface area contributed by atoms with Crippen molar-refractivity contribution in [2.75, 3.05) is 13.1 Å². The van der Waals surface area contributed by atoms with E-state index < -0.39 is 6.09 Å². The minimum absolute atomic E-state index is 0.196. The average molecular weight is 198 g/mol. The molecule has 4 heteroatoms. The summed E-state index contributed by atoms with van der Waals surface area (Å²) < 4.78 is 0. The predicted molar refractivity (Wildman–Crippen MR) is 53.3 cm³/mol. The van der Waals surface area contributed by atoms with Crippen LogP contribution in [0.5, 0.6) is 0 Å². The molecule has 1 amide bonds. The fourth-order valence-corrected chi connectivity index (χ4v) is 3.04. The van der Waals surface area contributed by atoms with Crippen LogP contribution in [0.4, 0.5) is 4.79 Å². The number of carboxylic acid groups (broad SMARTS) is 1. The smallest absolute Gasteiger partial charge is 0.404 e. The van der Waals surface area contributed by atoms with Gasteiger partial charge in [-0.3, -0.25) is 0 Å². The molecule has 0 radical (unpaired) electrons. The van der Waals surface area contributed by atoms with E-state index in [0.717, 1.165) is 32.4 Å². The molecule has 1 aliphatic heterocycles. The van der Waals surface area contributed by atoms with Crippen LogP contribution in [0.15, 0.2) is 0 Å². The van der Waals surface area contributed by atoms with Crippen LogP contribution in [0.25, 0.3) is 0 Å². The highest BCUT2D eigenvalue weighted by atomic mass is 16.4. The lowest BCUT2D eigenvalue weighted by molar-refractivity contribution is 0.142. The first kappa shape index (κ1) is 9.77. The van der Waals surface area contributed by atoms with Gasteiger partial charge in [0.1, 0.15) is 0 Å². The third kappa shape index (κ3) is 1.71. The van der Waals surface area contributed by atoms with E-state index in [1.54, 1.807) is 0 Å². The van der Waals surface area contributed by atoms with E-state index in [9.17, 15) is 4.79 Å². The van der Waals surface area contributed by atoms with Crippen molar-refractivity contribution in [3.63, 3.8) is 0 Å². The lowest BCUT2D eigenvalue weighted by Gasteiger charge is -2.39. The largest absolute Gasteiger partial charge is 0.465 e. The van der Waals surface area contributed by atoms with E-state index in [1.165, 1.54) is 12.8 Å². The van der Waals surface area contributed by atoms with Crippen molar-refractivity contribution in [2.45, 2.75) is 38.1 Å². The summed E-state index contributed by atoms with van der Waals surface area (Å²) >= 11 is 0. The van der Waals surface area contributed by atoms with Crippen molar-refractivity contribution < 1.29 is 9.90 Å². The molecular weight excluding hydrogens is 180 g/mol. The first-order valence-electron chi connectivity index (χ1n) is 5.43. The quantitative estimate of drug-likeness (QED) is 0.593. The predicted octanol–water partition coefficient (Wildman–Crippen LogP) is 1.18. The molecule has 1 heterocycles. The number of rotatable bonds is 1. The summed E-state index contributed by atoms with van der Waals surface area (Å²) in [4.78, 5) is 10.7. The Balaban J connectivity index is 2.03. The molecule has 1 spiro atoms. The SMILES string of the molecule is O=C(O)N[C@@H]1CCCC12CCNCC2. The van der Waals surface area contributed by atoms with Gasteiger partial charge in [-0.25, -0.2) is 4.79 Å². The van der Waals surface area contributed by atoms with Gasteiger partial charge in [0.15, 0.2) is 0 Å². The van der Waals surface area contributed by atoms with Gasteiger partial charge in [0.25, 0.3) is 0 Å². The Morgan fingerprint density at radius 1 is 1.36 bits per heavy atom. The number of amides is 1. The molecule has 0 bridgehead atoms. The minimum Gasteiger partial charge on any atom is -0.465 e. The molecule has 0 aromatic rings. The fraction of sp³-hybridized carbons (Fsp3) is 0.900. The summed E-state index contributed by atoms with van der Waals surface area (Å²) in [5, 5.41) is 14.8. The van der Waals surface area contributed by atoms with Crippen molar-refractivity contribution >= 4 is 6.09 Å². The van der Waals surface area contributed by atoms with Crippen molar-refractivity contribution in [1.29, 1.82) is 0 Å². The maximum Gasteiger partial charge on any atom is 0.404 e. The van der Waals surface area contributed by atoms with Gasteiger partial charge in [-0.15, -0.1) is 0 Å². The molecule has 0 aromatic heterocycles. The van der Waals surface area contributed by atoms with Crippen molar-refractivity contribution in [3.05, 3.63) is 0 Å². The Morgan fingerprint density at radius 3 is 2.71 bits per heavy atom. The molecule has 80 valence electrons. The average Bonchev–Trinajstić information content (AvgIpc) is 2.50. The first-order valence-corrected chi connectivity index (χ1v) is 5.43.